The Bertz CT molecular complexity index is 761. The maximum absolute atomic E-state index is 12.7. The summed E-state index contributed by atoms with van der Waals surface area (Å²) in [4.78, 5) is 21.7. The molecule has 1 amide bonds. The van der Waals surface area contributed by atoms with Gasteiger partial charge in [0.2, 0.25) is 0 Å². The number of pyridine rings is 1. The summed E-state index contributed by atoms with van der Waals surface area (Å²) in [6, 6.07) is 10.0. The van der Waals surface area contributed by atoms with Crippen LogP contribution in [0.4, 0.5) is 5.82 Å². The van der Waals surface area contributed by atoms with E-state index in [0.717, 1.165) is 48.8 Å². The van der Waals surface area contributed by atoms with Crippen LogP contribution < -0.4 is 4.90 Å². The SMILES string of the molecule is Cc1ccccc1C(=O)N1CCN(c2nc(C)c(C)cc2C)CC1. The molecule has 0 spiro atoms. The summed E-state index contributed by atoms with van der Waals surface area (Å²) in [6.07, 6.45) is 0. The predicted molar refractivity (Wildman–Crippen MR) is 97.7 cm³/mol. The molecule has 1 aromatic carbocycles. The topological polar surface area (TPSA) is 36.4 Å². The van der Waals surface area contributed by atoms with Crippen LogP contribution in [0.1, 0.15) is 32.7 Å². The molecule has 0 saturated carbocycles. The molecule has 1 aliphatic rings. The summed E-state index contributed by atoms with van der Waals surface area (Å²) < 4.78 is 0. The van der Waals surface area contributed by atoms with E-state index in [1.54, 1.807) is 0 Å². The second-order valence-electron chi connectivity index (χ2n) is 6.63. The highest BCUT2D eigenvalue weighted by molar-refractivity contribution is 5.95. The Kier molecular flexibility index (Phi) is 4.56. The van der Waals surface area contributed by atoms with Gasteiger partial charge in [-0.05, 0) is 50.5 Å². The first kappa shape index (κ1) is 16.5. The number of rotatable bonds is 2. The van der Waals surface area contributed by atoms with Crippen LogP contribution in [0.5, 0.6) is 0 Å². The lowest BCUT2D eigenvalue weighted by atomic mass is 10.1. The summed E-state index contributed by atoms with van der Waals surface area (Å²) in [5.74, 6) is 1.19. The fraction of sp³-hybridized carbons (Fsp3) is 0.400. The average molecular weight is 323 g/mol. The Labute approximate surface area is 144 Å². The van der Waals surface area contributed by atoms with Crippen molar-refractivity contribution in [3.63, 3.8) is 0 Å². The molecule has 4 heteroatoms. The van der Waals surface area contributed by atoms with Gasteiger partial charge in [0.05, 0.1) is 0 Å². The molecule has 0 aliphatic carbocycles. The largest absolute Gasteiger partial charge is 0.353 e. The highest BCUT2D eigenvalue weighted by Crippen LogP contribution is 2.22. The third kappa shape index (κ3) is 3.14. The highest BCUT2D eigenvalue weighted by Gasteiger charge is 2.24. The van der Waals surface area contributed by atoms with Crippen molar-refractivity contribution in [2.75, 3.05) is 31.1 Å². The van der Waals surface area contributed by atoms with Crippen molar-refractivity contribution in [1.29, 1.82) is 0 Å². The number of aromatic nitrogens is 1. The second kappa shape index (κ2) is 6.63. The highest BCUT2D eigenvalue weighted by atomic mass is 16.2. The number of carbonyl (C=O) groups excluding carboxylic acids is 1. The first-order valence-corrected chi connectivity index (χ1v) is 8.52. The number of hydrogen-bond donors (Lipinski definition) is 0. The molecule has 24 heavy (non-hydrogen) atoms. The zero-order chi connectivity index (χ0) is 17.3. The van der Waals surface area contributed by atoms with Gasteiger partial charge in [-0.1, -0.05) is 24.3 Å². The van der Waals surface area contributed by atoms with E-state index in [1.807, 2.05) is 36.1 Å². The quantitative estimate of drug-likeness (QED) is 0.851. The van der Waals surface area contributed by atoms with Crippen LogP contribution in [0.25, 0.3) is 0 Å². The maximum atomic E-state index is 12.7. The predicted octanol–water partition coefficient (Wildman–Crippen LogP) is 3.28. The normalized spacial score (nSPS) is 14.8. The van der Waals surface area contributed by atoms with Crippen LogP contribution in [0.15, 0.2) is 30.3 Å². The van der Waals surface area contributed by atoms with Crippen LogP contribution in [0.3, 0.4) is 0 Å². The van der Waals surface area contributed by atoms with Gasteiger partial charge in [-0.15, -0.1) is 0 Å². The minimum absolute atomic E-state index is 0.137. The van der Waals surface area contributed by atoms with E-state index in [2.05, 4.69) is 31.7 Å². The van der Waals surface area contributed by atoms with Crippen LogP contribution in [-0.2, 0) is 0 Å². The lowest BCUT2D eigenvalue weighted by Crippen LogP contribution is -2.49. The Morgan fingerprint density at radius 1 is 0.917 bits per heavy atom. The van der Waals surface area contributed by atoms with E-state index in [1.165, 1.54) is 11.1 Å². The number of aryl methyl sites for hydroxylation is 4. The fourth-order valence-corrected chi connectivity index (χ4v) is 3.25. The van der Waals surface area contributed by atoms with Gasteiger partial charge >= 0.3 is 0 Å². The monoisotopic (exact) mass is 323 g/mol. The van der Waals surface area contributed by atoms with E-state index in [-0.39, 0.29) is 5.91 Å². The van der Waals surface area contributed by atoms with Gasteiger partial charge in [-0.25, -0.2) is 4.98 Å². The summed E-state index contributed by atoms with van der Waals surface area (Å²) in [7, 11) is 0. The smallest absolute Gasteiger partial charge is 0.254 e. The van der Waals surface area contributed by atoms with Crippen molar-refractivity contribution in [2.24, 2.45) is 0 Å². The Balaban J connectivity index is 1.71. The zero-order valence-corrected chi connectivity index (χ0v) is 15.0. The number of amides is 1. The van der Waals surface area contributed by atoms with Crippen molar-refractivity contribution in [2.45, 2.75) is 27.7 Å². The summed E-state index contributed by atoms with van der Waals surface area (Å²) in [5.41, 5.74) is 5.36. The minimum atomic E-state index is 0.137. The van der Waals surface area contributed by atoms with E-state index < -0.39 is 0 Å². The average Bonchev–Trinajstić information content (AvgIpc) is 2.58. The van der Waals surface area contributed by atoms with Gasteiger partial charge in [0.25, 0.3) is 5.91 Å². The number of carbonyl (C=O) groups is 1. The molecule has 2 aromatic rings. The van der Waals surface area contributed by atoms with Gasteiger partial charge < -0.3 is 9.80 Å². The maximum Gasteiger partial charge on any atom is 0.254 e. The molecule has 2 heterocycles. The third-order valence-electron chi connectivity index (χ3n) is 4.87. The number of anilines is 1. The molecule has 1 aliphatic heterocycles. The lowest BCUT2D eigenvalue weighted by molar-refractivity contribution is 0.0746. The molecular weight excluding hydrogens is 298 g/mol. The number of nitrogens with zero attached hydrogens (tertiary/aromatic N) is 3. The van der Waals surface area contributed by atoms with Gasteiger partial charge in [-0.2, -0.15) is 0 Å². The van der Waals surface area contributed by atoms with Gasteiger partial charge in [0.1, 0.15) is 5.82 Å². The molecule has 3 rings (SSSR count). The van der Waals surface area contributed by atoms with E-state index in [4.69, 9.17) is 4.98 Å². The molecule has 126 valence electrons. The van der Waals surface area contributed by atoms with Gasteiger partial charge in [0, 0.05) is 37.4 Å². The Morgan fingerprint density at radius 3 is 2.25 bits per heavy atom. The van der Waals surface area contributed by atoms with Crippen molar-refractivity contribution < 1.29 is 4.79 Å². The lowest BCUT2D eigenvalue weighted by Gasteiger charge is -2.36. The molecule has 1 fully saturated rings. The number of hydrogen-bond acceptors (Lipinski definition) is 3. The van der Waals surface area contributed by atoms with Gasteiger partial charge in [-0.3, -0.25) is 4.79 Å². The molecule has 0 N–H and O–H groups in total. The standard InChI is InChI=1S/C20H25N3O/c1-14-7-5-6-8-18(14)20(24)23-11-9-22(10-12-23)19-16(3)13-15(2)17(4)21-19/h5-8,13H,9-12H2,1-4H3. The number of benzene rings is 1. The van der Waals surface area contributed by atoms with Crippen molar-refractivity contribution >= 4 is 11.7 Å². The molecule has 1 saturated heterocycles. The summed E-state index contributed by atoms with van der Waals surface area (Å²) in [6.45, 7) is 11.4. The molecular formula is C20H25N3O. The fourth-order valence-electron chi connectivity index (χ4n) is 3.25. The zero-order valence-electron chi connectivity index (χ0n) is 15.0. The summed E-state index contributed by atoms with van der Waals surface area (Å²) >= 11 is 0. The van der Waals surface area contributed by atoms with Crippen LogP contribution in [0.2, 0.25) is 0 Å². The molecule has 1 aromatic heterocycles. The minimum Gasteiger partial charge on any atom is -0.353 e. The molecule has 0 bridgehead atoms. The van der Waals surface area contributed by atoms with E-state index in [0.29, 0.717) is 0 Å². The number of piperazine rings is 1. The van der Waals surface area contributed by atoms with E-state index >= 15 is 0 Å². The third-order valence-corrected chi connectivity index (χ3v) is 4.87. The first-order valence-electron chi connectivity index (χ1n) is 8.52. The summed E-state index contributed by atoms with van der Waals surface area (Å²) in [5, 5.41) is 0. The van der Waals surface area contributed by atoms with Crippen molar-refractivity contribution in [3.05, 3.63) is 58.3 Å². The van der Waals surface area contributed by atoms with E-state index in [9.17, 15) is 4.79 Å². The molecule has 0 unspecified atom stereocenters. The Morgan fingerprint density at radius 2 is 1.58 bits per heavy atom. The molecule has 0 atom stereocenters. The molecule has 4 nitrogen and oxygen atoms in total. The van der Waals surface area contributed by atoms with Crippen molar-refractivity contribution in [3.8, 4) is 0 Å². The van der Waals surface area contributed by atoms with Gasteiger partial charge in [0.15, 0.2) is 0 Å². The van der Waals surface area contributed by atoms with Crippen LogP contribution in [-0.4, -0.2) is 42.0 Å². The Hall–Kier alpha value is -2.36. The van der Waals surface area contributed by atoms with Crippen molar-refractivity contribution in [1.82, 2.24) is 9.88 Å². The first-order chi connectivity index (χ1) is 11.5. The second-order valence-corrected chi connectivity index (χ2v) is 6.63. The van der Waals surface area contributed by atoms with Crippen LogP contribution >= 0.6 is 0 Å². The molecule has 0 radical (unpaired) electrons. The van der Waals surface area contributed by atoms with Crippen LogP contribution in [0, 0.1) is 27.7 Å².